The quantitative estimate of drug-likeness (QED) is 0.297. The Labute approximate surface area is 256 Å². The van der Waals surface area contributed by atoms with Gasteiger partial charge in [-0.15, -0.1) is 0 Å². The molecule has 0 aliphatic heterocycles. The van der Waals surface area contributed by atoms with Gasteiger partial charge in [0.25, 0.3) is 0 Å². The Kier molecular flexibility index (Phi) is 14.3. The highest BCUT2D eigenvalue weighted by Crippen LogP contribution is 2.61. The summed E-state index contributed by atoms with van der Waals surface area (Å²) >= 11 is 0. The van der Waals surface area contributed by atoms with Gasteiger partial charge in [0.05, 0.1) is 17.2 Å². The van der Waals surface area contributed by atoms with Crippen LogP contribution in [-0.2, 0) is 0 Å². The normalized spacial score (nSPS) is 29.0. The van der Waals surface area contributed by atoms with Crippen LogP contribution in [0.25, 0.3) is 16.5 Å². The first-order valence-electron chi connectivity index (χ1n) is 16.2. The summed E-state index contributed by atoms with van der Waals surface area (Å²) in [5.74, 6) is 0.694. The van der Waals surface area contributed by atoms with Crippen molar-refractivity contribution in [1.82, 2.24) is 15.3 Å². The molecule has 0 amide bonds. The van der Waals surface area contributed by atoms with E-state index in [9.17, 15) is 10.2 Å². The van der Waals surface area contributed by atoms with Crippen LogP contribution in [0.3, 0.4) is 0 Å². The molecule has 0 bridgehead atoms. The molecule has 0 saturated heterocycles. The van der Waals surface area contributed by atoms with Crippen LogP contribution >= 0.6 is 0 Å². The van der Waals surface area contributed by atoms with Crippen molar-refractivity contribution >= 4 is 16.5 Å². The van der Waals surface area contributed by atoms with E-state index in [0.717, 1.165) is 61.4 Å². The summed E-state index contributed by atoms with van der Waals surface area (Å²) in [6.45, 7) is 14.3. The molecule has 1 aromatic carbocycles. The van der Waals surface area contributed by atoms with Crippen molar-refractivity contribution in [1.29, 1.82) is 0 Å². The molecule has 42 heavy (non-hydrogen) atoms. The van der Waals surface area contributed by atoms with Gasteiger partial charge < -0.3 is 15.5 Å². The SMILES string of the molecule is C/C=C/C.CC.CC.CC12CC=C3C=C4CC(O)CCC4CC[C@]3(O)C1CC=C2c1ccc2ncncc2c1.CNC. The molecule has 232 valence electrons. The van der Waals surface area contributed by atoms with Crippen molar-refractivity contribution in [2.24, 2.45) is 17.3 Å². The van der Waals surface area contributed by atoms with Crippen LogP contribution in [0.15, 0.2) is 72.2 Å². The van der Waals surface area contributed by atoms with Crippen LogP contribution in [0.2, 0.25) is 0 Å². The zero-order valence-electron chi connectivity index (χ0n) is 27.7. The number of hydrogen-bond acceptors (Lipinski definition) is 5. The number of nitrogens with zero attached hydrogens (tertiary/aromatic N) is 2. The lowest BCUT2D eigenvalue weighted by Crippen LogP contribution is -2.48. The number of aliphatic hydroxyl groups is 2. The summed E-state index contributed by atoms with van der Waals surface area (Å²) < 4.78 is 0. The van der Waals surface area contributed by atoms with E-state index in [1.807, 2.05) is 74.0 Å². The van der Waals surface area contributed by atoms with E-state index in [0.29, 0.717) is 5.92 Å². The van der Waals surface area contributed by atoms with E-state index in [1.54, 1.807) is 6.33 Å². The Bertz CT molecular complexity index is 1240. The van der Waals surface area contributed by atoms with E-state index in [1.165, 1.54) is 16.7 Å². The minimum atomic E-state index is -0.791. The second kappa shape index (κ2) is 16.9. The fourth-order valence-electron chi connectivity index (χ4n) is 6.91. The van der Waals surface area contributed by atoms with Gasteiger partial charge in [0.2, 0.25) is 0 Å². The van der Waals surface area contributed by atoms with Gasteiger partial charge in [0.1, 0.15) is 6.33 Å². The molecule has 2 aromatic rings. The summed E-state index contributed by atoms with van der Waals surface area (Å²) in [5.41, 5.74) is 5.10. The van der Waals surface area contributed by atoms with Gasteiger partial charge in [-0.2, -0.15) is 0 Å². The Morgan fingerprint density at radius 3 is 2.36 bits per heavy atom. The summed E-state index contributed by atoms with van der Waals surface area (Å²) in [6.07, 6.45) is 20.5. The first kappa shape index (κ1) is 35.6. The maximum absolute atomic E-state index is 12.1. The monoisotopic (exact) mass is 575 g/mol. The van der Waals surface area contributed by atoms with E-state index in [-0.39, 0.29) is 17.4 Å². The number of hydrogen-bond donors (Lipinski definition) is 3. The van der Waals surface area contributed by atoms with Gasteiger partial charge in [0, 0.05) is 22.9 Å². The Hall–Kier alpha value is -2.60. The van der Waals surface area contributed by atoms with Gasteiger partial charge in [-0.1, -0.05) is 76.6 Å². The second-order valence-electron chi connectivity index (χ2n) is 11.5. The lowest BCUT2D eigenvalue weighted by atomic mass is 9.58. The summed E-state index contributed by atoms with van der Waals surface area (Å²) in [4.78, 5) is 8.55. The number of nitrogens with one attached hydrogen (secondary N) is 1. The minimum Gasteiger partial charge on any atom is -0.393 e. The molecule has 3 N–H and O–H groups in total. The molecule has 5 heteroatoms. The molecule has 4 unspecified atom stereocenters. The largest absolute Gasteiger partial charge is 0.393 e. The van der Waals surface area contributed by atoms with Crippen LogP contribution in [0.5, 0.6) is 0 Å². The number of aromatic nitrogens is 2. The topological polar surface area (TPSA) is 78.3 Å². The van der Waals surface area contributed by atoms with E-state index < -0.39 is 5.60 Å². The van der Waals surface area contributed by atoms with Crippen molar-refractivity contribution < 1.29 is 10.2 Å². The molecular formula is C37H57N3O2. The third kappa shape index (κ3) is 7.67. The van der Waals surface area contributed by atoms with Crippen molar-refractivity contribution in [3.8, 4) is 0 Å². The highest BCUT2D eigenvalue weighted by molar-refractivity contribution is 5.84. The van der Waals surface area contributed by atoms with E-state index in [4.69, 9.17) is 0 Å². The molecule has 5 atom stereocenters. The van der Waals surface area contributed by atoms with Gasteiger partial charge in [-0.05, 0) is 108 Å². The van der Waals surface area contributed by atoms with Crippen LogP contribution in [0.1, 0.15) is 99.0 Å². The molecule has 1 heterocycles. The highest BCUT2D eigenvalue weighted by Gasteiger charge is 2.55. The van der Waals surface area contributed by atoms with Crippen molar-refractivity contribution in [2.45, 2.75) is 105 Å². The average molecular weight is 576 g/mol. The molecule has 1 aromatic heterocycles. The molecule has 1 fully saturated rings. The third-order valence-electron chi connectivity index (χ3n) is 8.97. The molecule has 6 rings (SSSR count). The fraction of sp³-hybridized carbons (Fsp3) is 0.568. The van der Waals surface area contributed by atoms with E-state index in [2.05, 4.69) is 58.6 Å². The fourth-order valence-corrected chi connectivity index (χ4v) is 6.91. The Morgan fingerprint density at radius 2 is 1.69 bits per heavy atom. The molecule has 4 aliphatic carbocycles. The number of benzene rings is 1. The summed E-state index contributed by atoms with van der Waals surface area (Å²) in [5, 5.41) is 26.1. The number of fused-ring (bicyclic) bond motifs is 5. The lowest BCUT2D eigenvalue weighted by Gasteiger charge is -2.48. The maximum atomic E-state index is 12.1. The smallest absolute Gasteiger partial charge is 0.116 e. The number of allylic oxidation sites excluding steroid dienone is 5. The van der Waals surface area contributed by atoms with Crippen molar-refractivity contribution in [3.63, 3.8) is 0 Å². The standard InChI is InChI=1S/C27H30N2O2.C4H8.C2H7N.2C2H6/c1-26-10-9-21-13-19-14-22(30)4-2-17(19)8-11-27(21,31)25(26)7-5-23(26)18-3-6-24-20(12-18)15-28-16-29-24;1-3-4-2;1-3-2;2*1-2/h3,5-6,9,12-13,15-17,22,25,30-31H,2,4,7-8,10-11,14H2,1H3;3-4H,1-2H3;3H,1-2H3;2*1-2H3/b;4-3+;;;/t17?,22?,25?,26?,27-;;;;/m1..../s1. The van der Waals surface area contributed by atoms with Gasteiger partial charge in [0.15, 0.2) is 0 Å². The van der Waals surface area contributed by atoms with Crippen molar-refractivity contribution in [3.05, 3.63) is 77.8 Å². The third-order valence-corrected chi connectivity index (χ3v) is 8.97. The second-order valence-corrected chi connectivity index (χ2v) is 11.5. The molecular weight excluding hydrogens is 518 g/mol. The Balaban J connectivity index is 0.000000495. The zero-order chi connectivity index (χ0) is 31.3. The molecule has 5 nitrogen and oxygen atoms in total. The summed E-state index contributed by atoms with van der Waals surface area (Å²) in [7, 11) is 3.75. The number of rotatable bonds is 1. The minimum absolute atomic E-state index is 0.0882. The van der Waals surface area contributed by atoms with Crippen LogP contribution in [-0.4, -0.2) is 46.0 Å². The van der Waals surface area contributed by atoms with E-state index >= 15 is 0 Å². The van der Waals surface area contributed by atoms with Crippen LogP contribution in [0.4, 0.5) is 0 Å². The van der Waals surface area contributed by atoms with Gasteiger partial charge in [-0.25, -0.2) is 9.97 Å². The van der Waals surface area contributed by atoms with Crippen LogP contribution < -0.4 is 5.32 Å². The predicted molar refractivity (Wildman–Crippen MR) is 180 cm³/mol. The van der Waals surface area contributed by atoms with Gasteiger partial charge >= 0.3 is 0 Å². The Morgan fingerprint density at radius 1 is 1.00 bits per heavy atom. The molecule has 0 spiro atoms. The summed E-state index contributed by atoms with van der Waals surface area (Å²) in [6, 6.07) is 6.45. The highest BCUT2D eigenvalue weighted by atomic mass is 16.3. The number of aliphatic hydroxyl groups excluding tert-OH is 1. The lowest BCUT2D eigenvalue weighted by molar-refractivity contribution is -0.0330. The molecule has 0 radical (unpaired) electrons. The zero-order valence-corrected chi connectivity index (χ0v) is 27.7. The first-order chi connectivity index (χ1) is 20.3. The van der Waals surface area contributed by atoms with Crippen LogP contribution in [0, 0.1) is 17.3 Å². The predicted octanol–water partition coefficient (Wildman–Crippen LogP) is 8.45. The van der Waals surface area contributed by atoms with Gasteiger partial charge in [-0.3, -0.25) is 0 Å². The molecule has 1 saturated carbocycles. The first-order valence-corrected chi connectivity index (χ1v) is 16.2. The maximum Gasteiger partial charge on any atom is 0.116 e. The average Bonchev–Trinajstić information content (AvgIpc) is 3.31. The molecule has 4 aliphatic rings. The van der Waals surface area contributed by atoms with Crippen molar-refractivity contribution in [2.75, 3.05) is 14.1 Å².